The van der Waals surface area contributed by atoms with Crippen molar-refractivity contribution < 1.29 is 4.79 Å². The van der Waals surface area contributed by atoms with Gasteiger partial charge in [-0.3, -0.25) is 4.79 Å². The van der Waals surface area contributed by atoms with Crippen molar-refractivity contribution in [3.63, 3.8) is 0 Å². The molecule has 20 heavy (non-hydrogen) atoms. The van der Waals surface area contributed by atoms with Gasteiger partial charge in [0.05, 0.1) is 0 Å². The van der Waals surface area contributed by atoms with Gasteiger partial charge in [0.1, 0.15) is 5.78 Å². The van der Waals surface area contributed by atoms with Crippen LogP contribution < -0.4 is 0 Å². The van der Waals surface area contributed by atoms with Crippen LogP contribution in [0.4, 0.5) is 0 Å². The van der Waals surface area contributed by atoms with Crippen LogP contribution in [0.5, 0.6) is 0 Å². The van der Waals surface area contributed by atoms with E-state index in [0.29, 0.717) is 11.7 Å². The molecular formula is C19H20O. The maximum absolute atomic E-state index is 12.2. The van der Waals surface area contributed by atoms with Gasteiger partial charge in [-0.05, 0) is 36.3 Å². The fourth-order valence-corrected chi connectivity index (χ4v) is 3.34. The molecule has 1 saturated carbocycles. The fourth-order valence-electron chi connectivity index (χ4n) is 3.34. The molecule has 0 unspecified atom stereocenters. The molecule has 0 heterocycles. The van der Waals surface area contributed by atoms with E-state index >= 15 is 0 Å². The molecule has 0 N–H and O–H groups in total. The van der Waals surface area contributed by atoms with Crippen LogP contribution in [0.25, 0.3) is 0 Å². The lowest BCUT2D eigenvalue weighted by Crippen LogP contribution is -2.13. The molecule has 3 rings (SSSR count). The molecular weight excluding hydrogens is 244 g/mol. The molecule has 0 aromatic heterocycles. The van der Waals surface area contributed by atoms with Crippen LogP contribution in [0.15, 0.2) is 60.7 Å². The summed E-state index contributed by atoms with van der Waals surface area (Å²) in [5.74, 6) is 1.05. The van der Waals surface area contributed by atoms with Gasteiger partial charge in [0.25, 0.3) is 0 Å². The van der Waals surface area contributed by atoms with E-state index in [1.165, 1.54) is 11.1 Å². The van der Waals surface area contributed by atoms with E-state index in [1.807, 2.05) is 18.2 Å². The summed E-state index contributed by atoms with van der Waals surface area (Å²) in [7, 11) is 0. The van der Waals surface area contributed by atoms with Gasteiger partial charge in [0, 0.05) is 12.3 Å². The van der Waals surface area contributed by atoms with Gasteiger partial charge >= 0.3 is 0 Å². The highest BCUT2D eigenvalue weighted by Crippen LogP contribution is 2.39. The summed E-state index contributed by atoms with van der Waals surface area (Å²) in [5, 5.41) is 0. The Hall–Kier alpha value is -1.89. The highest BCUT2D eigenvalue weighted by atomic mass is 16.1. The van der Waals surface area contributed by atoms with Crippen LogP contribution in [0.3, 0.4) is 0 Å². The second-order valence-corrected chi connectivity index (χ2v) is 5.68. The Labute approximate surface area is 120 Å². The van der Waals surface area contributed by atoms with Crippen molar-refractivity contribution in [3.05, 3.63) is 71.8 Å². The molecule has 0 amide bonds. The Balaban J connectivity index is 1.71. The van der Waals surface area contributed by atoms with Crippen LogP contribution in [-0.2, 0) is 11.2 Å². The van der Waals surface area contributed by atoms with Crippen molar-refractivity contribution in [1.29, 1.82) is 0 Å². The van der Waals surface area contributed by atoms with Crippen LogP contribution in [0.2, 0.25) is 0 Å². The lowest BCUT2D eigenvalue weighted by Gasteiger charge is -2.18. The summed E-state index contributed by atoms with van der Waals surface area (Å²) >= 11 is 0. The summed E-state index contributed by atoms with van der Waals surface area (Å²) < 4.78 is 0. The number of ketones is 1. The number of rotatable bonds is 4. The van der Waals surface area contributed by atoms with E-state index in [1.54, 1.807) is 0 Å². The molecule has 2 aromatic carbocycles. The van der Waals surface area contributed by atoms with E-state index < -0.39 is 0 Å². The van der Waals surface area contributed by atoms with Crippen LogP contribution in [0.1, 0.15) is 36.3 Å². The van der Waals surface area contributed by atoms with E-state index in [2.05, 4.69) is 42.5 Å². The van der Waals surface area contributed by atoms with Gasteiger partial charge in [0.15, 0.2) is 0 Å². The van der Waals surface area contributed by atoms with E-state index in [-0.39, 0.29) is 5.92 Å². The number of carbonyl (C=O) groups excluding carboxylic acids is 1. The highest BCUT2D eigenvalue weighted by Gasteiger charge is 2.35. The van der Waals surface area contributed by atoms with Crippen LogP contribution in [0, 0.1) is 5.92 Å². The molecule has 0 spiro atoms. The number of Topliss-reactive ketones (excluding diaryl/α,β-unsaturated/α-hetero) is 1. The van der Waals surface area contributed by atoms with Crippen LogP contribution >= 0.6 is 0 Å². The van der Waals surface area contributed by atoms with Gasteiger partial charge in [-0.2, -0.15) is 0 Å². The monoisotopic (exact) mass is 264 g/mol. The second kappa shape index (κ2) is 6.04. The third-order valence-electron chi connectivity index (χ3n) is 4.39. The molecule has 102 valence electrons. The Bertz CT molecular complexity index is 559. The first kappa shape index (κ1) is 13.1. The minimum atomic E-state index is 0.125. The summed E-state index contributed by atoms with van der Waals surface area (Å²) in [6, 6.07) is 20.9. The Morgan fingerprint density at radius 2 is 1.55 bits per heavy atom. The van der Waals surface area contributed by atoms with Gasteiger partial charge in [0.2, 0.25) is 0 Å². The van der Waals surface area contributed by atoms with E-state index in [4.69, 9.17) is 0 Å². The van der Waals surface area contributed by atoms with Crippen LogP contribution in [-0.4, -0.2) is 5.78 Å². The molecule has 1 aliphatic carbocycles. The SMILES string of the molecule is O=C1CC[C@H](CCc2ccccc2)[C@H]1c1ccccc1. The number of benzene rings is 2. The first-order chi connectivity index (χ1) is 9.84. The third kappa shape index (κ3) is 2.82. The fraction of sp³-hybridized carbons (Fsp3) is 0.316. The molecule has 0 bridgehead atoms. The lowest BCUT2D eigenvalue weighted by atomic mass is 9.85. The first-order valence-electron chi connectivity index (χ1n) is 7.46. The standard InChI is InChI=1S/C19H20O/c20-18-14-13-17(12-11-15-7-3-1-4-8-15)19(18)16-9-5-2-6-10-16/h1-10,17,19H,11-14H2/t17-,19+/m0/s1. The summed E-state index contributed by atoms with van der Waals surface area (Å²) in [5.41, 5.74) is 2.58. The van der Waals surface area contributed by atoms with Crippen molar-refractivity contribution in [1.82, 2.24) is 0 Å². The molecule has 1 nitrogen and oxygen atoms in total. The predicted octanol–water partition coefficient (Wildman–Crippen LogP) is 4.38. The zero-order valence-electron chi connectivity index (χ0n) is 11.7. The molecule has 0 aliphatic heterocycles. The quantitative estimate of drug-likeness (QED) is 0.800. The first-order valence-corrected chi connectivity index (χ1v) is 7.46. The second-order valence-electron chi connectivity index (χ2n) is 5.68. The molecule has 2 aromatic rings. The molecule has 1 aliphatic rings. The molecule has 2 atom stereocenters. The maximum Gasteiger partial charge on any atom is 0.140 e. The number of hydrogen-bond donors (Lipinski definition) is 0. The topological polar surface area (TPSA) is 17.1 Å². The Kier molecular flexibility index (Phi) is 3.96. The zero-order valence-corrected chi connectivity index (χ0v) is 11.7. The number of carbonyl (C=O) groups is 1. The number of aryl methyl sites for hydroxylation is 1. The average molecular weight is 264 g/mol. The average Bonchev–Trinajstić information content (AvgIpc) is 2.88. The molecule has 1 fully saturated rings. The van der Waals surface area contributed by atoms with Gasteiger partial charge < -0.3 is 0 Å². The molecule has 0 radical (unpaired) electrons. The molecule has 0 saturated heterocycles. The minimum absolute atomic E-state index is 0.125. The highest BCUT2D eigenvalue weighted by molar-refractivity contribution is 5.88. The predicted molar refractivity (Wildman–Crippen MR) is 81.7 cm³/mol. The summed E-state index contributed by atoms with van der Waals surface area (Å²) in [6.45, 7) is 0. The van der Waals surface area contributed by atoms with Crippen molar-refractivity contribution in [3.8, 4) is 0 Å². The van der Waals surface area contributed by atoms with Crippen molar-refractivity contribution >= 4 is 5.78 Å². The van der Waals surface area contributed by atoms with Crippen molar-refractivity contribution in [2.24, 2.45) is 5.92 Å². The normalized spacial score (nSPS) is 22.1. The zero-order chi connectivity index (χ0) is 13.8. The van der Waals surface area contributed by atoms with E-state index in [0.717, 1.165) is 25.7 Å². The lowest BCUT2D eigenvalue weighted by molar-refractivity contribution is -0.119. The van der Waals surface area contributed by atoms with Gasteiger partial charge in [-0.15, -0.1) is 0 Å². The maximum atomic E-state index is 12.2. The van der Waals surface area contributed by atoms with E-state index in [9.17, 15) is 4.79 Å². The largest absolute Gasteiger partial charge is 0.299 e. The molecule has 1 heteroatoms. The minimum Gasteiger partial charge on any atom is -0.299 e. The Morgan fingerprint density at radius 3 is 2.25 bits per heavy atom. The third-order valence-corrected chi connectivity index (χ3v) is 4.39. The van der Waals surface area contributed by atoms with Gasteiger partial charge in [-0.25, -0.2) is 0 Å². The Morgan fingerprint density at radius 1 is 0.900 bits per heavy atom. The number of hydrogen-bond acceptors (Lipinski definition) is 1. The smallest absolute Gasteiger partial charge is 0.140 e. The van der Waals surface area contributed by atoms with Gasteiger partial charge in [-0.1, -0.05) is 60.7 Å². The van der Waals surface area contributed by atoms with Crippen molar-refractivity contribution in [2.75, 3.05) is 0 Å². The van der Waals surface area contributed by atoms with Crippen molar-refractivity contribution in [2.45, 2.75) is 31.6 Å². The summed E-state index contributed by atoms with van der Waals surface area (Å²) in [4.78, 5) is 12.2. The summed E-state index contributed by atoms with van der Waals surface area (Å²) in [6.07, 6.45) is 3.97.